The number of nitrogens with one attached hydrogen (secondary N) is 1. The minimum Gasteiger partial charge on any atom is -0.494 e. The maximum Gasteiger partial charge on any atom is 0.271 e. The second-order valence-electron chi connectivity index (χ2n) is 8.56. The molecule has 3 rings (SSSR count). The number of hydrogen-bond donors (Lipinski definition) is 1. The van der Waals surface area contributed by atoms with Crippen LogP contribution in [0.4, 0.5) is 5.69 Å². The third-order valence-corrected chi connectivity index (χ3v) is 5.71. The summed E-state index contributed by atoms with van der Waals surface area (Å²) in [6.45, 7) is 2.90. The molecule has 0 radical (unpaired) electrons. The van der Waals surface area contributed by atoms with Crippen LogP contribution in [0.3, 0.4) is 0 Å². The number of amides is 1. The van der Waals surface area contributed by atoms with Crippen molar-refractivity contribution in [2.75, 3.05) is 6.61 Å². The average Bonchev–Trinajstić information content (AvgIpc) is 3.37. The molecule has 0 bridgehead atoms. The van der Waals surface area contributed by atoms with Gasteiger partial charge in [0.1, 0.15) is 17.3 Å². The highest BCUT2D eigenvalue weighted by Gasteiger charge is 2.10. The van der Waals surface area contributed by atoms with Gasteiger partial charge in [0, 0.05) is 23.3 Å². The molecule has 1 amide bonds. The fourth-order valence-electron chi connectivity index (χ4n) is 3.70. The Morgan fingerprint density at radius 3 is 2.44 bits per heavy atom. The van der Waals surface area contributed by atoms with Crippen LogP contribution >= 0.6 is 0 Å². The molecule has 1 heterocycles. The second kappa shape index (κ2) is 14.5. The van der Waals surface area contributed by atoms with Crippen LogP contribution in [-0.2, 0) is 0 Å². The van der Waals surface area contributed by atoms with Crippen LogP contribution in [0, 0.1) is 10.1 Å². The predicted octanol–water partition coefficient (Wildman–Crippen LogP) is 7.14. The summed E-state index contributed by atoms with van der Waals surface area (Å²) in [4.78, 5) is 22.8. The molecule has 190 valence electrons. The van der Waals surface area contributed by atoms with Crippen molar-refractivity contribution >= 4 is 17.8 Å². The summed E-state index contributed by atoms with van der Waals surface area (Å²) in [6.07, 6.45) is 11.4. The second-order valence-corrected chi connectivity index (χ2v) is 8.56. The van der Waals surface area contributed by atoms with Crippen LogP contribution in [0.25, 0.3) is 11.3 Å². The van der Waals surface area contributed by atoms with Crippen LogP contribution < -0.4 is 10.2 Å². The number of carbonyl (C=O) groups excluding carboxylic acids is 1. The summed E-state index contributed by atoms with van der Waals surface area (Å²) in [7, 11) is 0. The van der Waals surface area contributed by atoms with Crippen molar-refractivity contribution in [2.45, 2.75) is 58.3 Å². The van der Waals surface area contributed by atoms with E-state index in [2.05, 4.69) is 17.5 Å². The van der Waals surface area contributed by atoms with Crippen molar-refractivity contribution in [2.24, 2.45) is 5.10 Å². The number of rotatable bonds is 15. The minimum atomic E-state index is -0.458. The highest BCUT2D eigenvalue weighted by molar-refractivity contribution is 5.94. The first-order valence-electron chi connectivity index (χ1n) is 12.5. The normalized spacial score (nSPS) is 11.0. The number of furan rings is 1. The molecule has 0 atom stereocenters. The largest absolute Gasteiger partial charge is 0.494 e. The Balaban J connectivity index is 1.39. The van der Waals surface area contributed by atoms with Gasteiger partial charge in [0.25, 0.3) is 11.6 Å². The molecule has 0 aliphatic rings. The zero-order valence-electron chi connectivity index (χ0n) is 20.7. The molecule has 2 aromatic carbocycles. The summed E-state index contributed by atoms with van der Waals surface area (Å²) in [5.41, 5.74) is 3.49. The number of carbonyl (C=O) groups is 1. The van der Waals surface area contributed by atoms with Gasteiger partial charge in [-0.1, -0.05) is 64.0 Å². The molecule has 0 saturated heterocycles. The van der Waals surface area contributed by atoms with Crippen molar-refractivity contribution in [3.8, 4) is 17.1 Å². The van der Waals surface area contributed by atoms with Crippen LogP contribution in [0.2, 0.25) is 0 Å². The quantitative estimate of drug-likeness (QED) is 0.105. The molecule has 0 unspecified atom stereocenters. The first-order valence-corrected chi connectivity index (χ1v) is 12.5. The molecule has 1 N–H and O–H groups in total. The predicted molar refractivity (Wildman–Crippen MR) is 140 cm³/mol. The summed E-state index contributed by atoms with van der Waals surface area (Å²) in [6, 6.07) is 16.5. The highest BCUT2D eigenvalue weighted by Crippen LogP contribution is 2.25. The Kier molecular flexibility index (Phi) is 10.7. The number of nitro benzene ring substituents is 1. The van der Waals surface area contributed by atoms with Gasteiger partial charge in [0.15, 0.2) is 0 Å². The minimum absolute atomic E-state index is 0.0176. The molecule has 8 heteroatoms. The molecule has 0 fully saturated rings. The lowest BCUT2D eigenvalue weighted by Crippen LogP contribution is -2.17. The summed E-state index contributed by atoms with van der Waals surface area (Å²) >= 11 is 0. The Morgan fingerprint density at radius 2 is 1.72 bits per heavy atom. The fraction of sp³-hybridized carbons (Fsp3) is 0.357. The van der Waals surface area contributed by atoms with E-state index in [-0.39, 0.29) is 11.6 Å². The smallest absolute Gasteiger partial charge is 0.271 e. The summed E-state index contributed by atoms with van der Waals surface area (Å²) in [5, 5.41) is 14.9. The Hall–Kier alpha value is -3.94. The van der Waals surface area contributed by atoms with Gasteiger partial charge in [-0.3, -0.25) is 14.9 Å². The molecule has 0 saturated carbocycles. The third kappa shape index (κ3) is 8.69. The Bertz CT molecular complexity index is 1140. The maximum atomic E-state index is 12.3. The molecule has 0 aliphatic carbocycles. The van der Waals surface area contributed by atoms with E-state index in [0.29, 0.717) is 29.3 Å². The van der Waals surface area contributed by atoms with Gasteiger partial charge in [-0.25, -0.2) is 5.43 Å². The molecule has 0 spiro atoms. The number of hydrazone groups is 1. The Morgan fingerprint density at radius 1 is 1.00 bits per heavy atom. The zero-order valence-corrected chi connectivity index (χ0v) is 20.7. The lowest BCUT2D eigenvalue weighted by Gasteiger charge is -2.07. The van der Waals surface area contributed by atoms with Gasteiger partial charge in [0.05, 0.1) is 17.7 Å². The summed E-state index contributed by atoms with van der Waals surface area (Å²) < 4.78 is 11.4. The lowest BCUT2D eigenvalue weighted by atomic mass is 10.1. The van der Waals surface area contributed by atoms with E-state index in [4.69, 9.17) is 9.15 Å². The molecular weight excluding hydrogens is 458 g/mol. The van der Waals surface area contributed by atoms with Crippen LogP contribution in [0.15, 0.2) is 70.2 Å². The van der Waals surface area contributed by atoms with Gasteiger partial charge >= 0.3 is 0 Å². The number of non-ortho nitro benzene ring substituents is 1. The monoisotopic (exact) mass is 491 g/mol. The molecule has 36 heavy (non-hydrogen) atoms. The maximum absolute atomic E-state index is 12.3. The topological polar surface area (TPSA) is 107 Å². The molecule has 8 nitrogen and oxygen atoms in total. The fourth-order valence-corrected chi connectivity index (χ4v) is 3.70. The van der Waals surface area contributed by atoms with Crippen molar-refractivity contribution in [1.82, 2.24) is 5.43 Å². The SMILES string of the molecule is CCCCCCCCCCOc1ccc(C(=O)N/N=C/c2ccc(-c3cccc([N+](=O)[O-])c3)o2)cc1. The van der Waals surface area contributed by atoms with Gasteiger partial charge in [-0.2, -0.15) is 5.10 Å². The number of nitrogens with zero attached hydrogens (tertiary/aromatic N) is 2. The van der Waals surface area contributed by atoms with Crippen LogP contribution in [-0.4, -0.2) is 23.7 Å². The van der Waals surface area contributed by atoms with E-state index in [1.54, 1.807) is 48.5 Å². The van der Waals surface area contributed by atoms with Crippen molar-refractivity contribution < 1.29 is 18.9 Å². The highest BCUT2D eigenvalue weighted by atomic mass is 16.6. The van der Waals surface area contributed by atoms with Gasteiger partial charge in [-0.15, -0.1) is 0 Å². The van der Waals surface area contributed by atoms with E-state index in [9.17, 15) is 14.9 Å². The van der Waals surface area contributed by atoms with Crippen molar-refractivity contribution in [3.05, 3.63) is 82.1 Å². The number of benzene rings is 2. The van der Waals surface area contributed by atoms with Crippen LogP contribution in [0.1, 0.15) is 74.4 Å². The lowest BCUT2D eigenvalue weighted by molar-refractivity contribution is -0.384. The van der Waals surface area contributed by atoms with Crippen LogP contribution in [0.5, 0.6) is 5.75 Å². The third-order valence-electron chi connectivity index (χ3n) is 5.71. The first-order chi connectivity index (χ1) is 17.6. The van der Waals surface area contributed by atoms with E-state index in [1.807, 2.05) is 0 Å². The zero-order chi connectivity index (χ0) is 25.6. The Labute approximate surface area is 211 Å². The first kappa shape index (κ1) is 26.7. The number of hydrogen-bond acceptors (Lipinski definition) is 6. The standard InChI is InChI=1S/C28H33N3O5/c1-2-3-4-5-6-7-8-9-19-35-25-15-13-22(14-16-25)28(32)30-29-21-26-17-18-27(36-26)23-11-10-12-24(20-23)31(33)34/h10-18,20-21H,2-9,19H2,1H3,(H,30,32)/b29-21+. The van der Waals surface area contributed by atoms with Gasteiger partial charge in [0.2, 0.25) is 0 Å². The number of unbranched alkanes of at least 4 members (excludes halogenated alkanes) is 7. The van der Waals surface area contributed by atoms with Gasteiger partial charge < -0.3 is 9.15 Å². The molecule has 3 aromatic rings. The van der Waals surface area contributed by atoms with Crippen molar-refractivity contribution in [3.63, 3.8) is 0 Å². The van der Waals surface area contributed by atoms with E-state index in [1.165, 1.54) is 63.3 Å². The number of ether oxygens (including phenoxy) is 1. The van der Waals surface area contributed by atoms with E-state index >= 15 is 0 Å². The summed E-state index contributed by atoms with van der Waals surface area (Å²) in [5.74, 6) is 1.25. The van der Waals surface area contributed by atoms with E-state index < -0.39 is 4.92 Å². The van der Waals surface area contributed by atoms with Crippen molar-refractivity contribution in [1.29, 1.82) is 0 Å². The molecule has 0 aliphatic heterocycles. The van der Waals surface area contributed by atoms with Gasteiger partial charge in [-0.05, 0) is 42.8 Å². The van der Waals surface area contributed by atoms with E-state index in [0.717, 1.165) is 12.2 Å². The molecule has 1 aromatic heterocycles. The average molecular weight is 492 g/mol. The number of nitro groups is 1. The molecular formula is C28H33N3O5.